The number of aliphatic hydroxyl groups excluding tert-OH is 2. The number of hydrogen-bond donors (Lipinski definition) is 3. The molecule has 2 saturated carbocycles. The highest BCUT2D eigenvalue weighted by Gasteiger charge is 2.65. The van der Waals surface area contributed by atoms with Crippen LogP contribution in [0, 0.1) is 23.7 Å². The Morgan fingerprint density at radius 1 is 1.00 bits per heavy atom. The number of ether oxygens (including phenoxy) is 5. The maximum Gasteiger partial charge on any atom is 0.412 e. The van der Waals surface area contributed by atoms with Gasteiger partial charge in [-0.1, -0.05) is 61.9 Å². The van der Waals surface area contributed by atoms with Gasteiger partial charge in [-0.3, -0.25) is 4.79 Å². The van der Waals surface area contributed by atoms with Gasteiger partial charge in [0.2, 0.25) is 18.5 Å². The molecule has 0 bridgehead atoms. The molecule has 2 fully saturated rings. The monoisotopic (exact) mass is 829 g/mol. The molecule has 2 aliphatic heterocycles. The lowest BCUT2D eigenvalue weighted by atomic mass is 9.55. The van der Waals surface area contributed by atoms with E-state index in [0.29, 0.717) is 61.1 Å². The molecule has 6 atom stereocenters. The lowest BCUT2D eigenvalue weighted by Crippen LogP contribution is -2.70. The minimum atomic E-state index is -1.41. The van der Waals surface area contributed by atoms with Crippen molar-refractivity contribution in [3.8, 4) is 23.0 Å². The SMILES string of the molecule is C=CCOC12Oc3ccc(OC(=O)NCC)cc3C3C(CCCCO)C(CCCCO)C=C(C(=NOC)CC1N(Cc1ccc4c(c1)OCO4)C(=O)CCC1CCCC1)C32. The Balaban J connectivity index is 1.41. The first kappa shape index (κ1) is 43.5. The molecule has 0 saturated heterocycles. The van der Waals surface area contributed by atoms with Crippen molar-refractivity contribution >= 4 is 17.7 Å². The van der Waals surface area contributed by atoms with Crippen molar-refractivity contribution in [2.24, 2.45) is 28.8 Å². The van der Waals surface area contributed by atoms with Crippen molar-refractivity contribution < 1.29 is 48.3 Å². The Morgan fingerprint density at radius 2 is 1.77 bits per heavy atom. The standard InChI is InChI=1S/C47H63N3O10/c1-4-24-58-47-42(50(43(53)21-17-31-12-6-7-13-31)29-32-16-19-40-41(25-32)57-30-56-40)28-38(49-55-3)36-26-33(14-8-10-22-51)35(15-9-11-23-52)44(45(36)47)37-27-34(18-20-39(37)60-47)59-46(54)48-5-2/h4,16,18-20,25-27,31,33,35,42,44-45,51-52H,1,5-15,17,21-24,28-30H2,2-3H3,(H,48,54). The summed E-state index contributed by atoms with van der Waals surface area (Å²) >= 11 is 0. The van der Waals surface area contributed by atoms with E-state index >= 15 is 4.79 Å². The predicted molar refractivity (Wildman–Crippen MR) is 226 cm³/mol. The van der Waals surface area contributed by atoms with Crippen LogP contribution >= 0.6 is 0 Å². The zero-order chi connectivity index (χ0) is 42.1. The normalized spacial score (nSPS) is 25.8. The van der Waals surface area contributed by atoms with Crippen LogP contribution in [0.5, 0.6) is 23.0 Å². The molecule has 2 heterocycles. The molecule has 13 nitrogen and oxygen atoms in total. The number of nitrogens with one attached hydrogen (secondary N) is 1. The number of benzene rings is 2. The Hall–Kier alpha value is -4.59. The molecule has 6 unspecified atom stereocenters. The van der Waals surface area contributed by atoms with Crippen molar-refractivity contribution in [2.75, 3.05) is 40.3 Å². The van der Waals surface area contributed by atoms with Crippen LogP contribution in [0.25, 0.3) is 0 Å². The smallest absolute Gasteiger partial charge is 0.412 e. The van der Waals surface area contributed by atoms with Crippen LogP contribution in [0.2, 0.25) is 0 Å². The third-order valence-corrected chi connectivity index (χ3v) is 13.1. The first-order valence-corrected chi connectivity index (χ1v) is 22.1. The number of carbonyl (C=O) groups excluding carboxylic acids is 2. The third-order valence-electron chi connectivity index (χ3n) is 13.1. The van der Waals surface area contributed by atoms with E-state index in [4.69, 9.17) is 33.7 Å². The maximum absolute atomic E-state index is 15.1. The van der Waals surface area contributed by atoms with Crippen LogP contribution in [0.15, 0.2) is 65.9 Å². The Labute approximate surface area is 354 Å². The summed E-state index contributed by atoms with van der Waals surface area (Å²) in [5, 5.41) is 27.2. The quantitative estimate of drug-likeness (QED) is 0.0684. The Kier molecular flexibility index (Phi) is 14.7. The van der Waals surface area contributed by atoms with E-state index in [1.54, 1.807) is 19.3 Å². The summed E-state index contributed by atoms with van der Waals surface area (Å²) in [6, 6.07) is 10.6. The fourth-order valence-electron chi connectivity index (χ4n) is 10.5. The van der Waals surface area contributed by atoms with Crippen LogP contribution in [0.4, 0.5) is 4.79 Å². The van der Waals surface area contributed by atoms with Gasteiger partial charge < -0.3 is 49.0 Å². The van der Waals surface area contributed by atoms with Gasteiger partial charge in [-0.2, -0.15) is 0 Å². The third kappa shape index (κ3) is 9.33. The second-order valence-electron chi connectivity index (χ2n) is 16.8. The van der Waals surface area contributed by atoms with Crippen molar-refractivity contribution in [3.63, 3.8) is 0 Å². The van der Waals surface area contributed by atoms with Crippen LogP contribution in [0.1, 0.15) is 107 Å². The highest BCUT2D eigenvalue weighted by molar-refractivity contribution is 6.03. The number of rotatable bonds is 20. The second kappa shape index (κ2) is 20.3. The van der Waals surface area contributed by atoms with Crippen LogP contribution in [-0.4, -0.2) is 84.9 Å². The maximum atomic E-state index is 15.1. The van der Waals surface area contributed by atoms with Crippen LogP contribution in [0.3, 0.4) is 0 Å². The molecule has 2 aromatic rings. The molecule has 0 aromatic heterocycles. The fourth-order valence-corrected chi connectivity index (χ4v) is 10.5. The summed E-state index contributed by atoms with van der Waals surface area (Å²) in [5.74, 6) is 0.752. The molecule has 3 N–H and O–H groups in total. The molecule has 3 aliphatic carbocycles. The van der Waals surface area contributed by atoms with E-state index < -0.39 is 23.8 Å². The van der Waals surface area contributed by atoms with E-state index in [9.17, 15) is 15.0 Å². The van der Waals surface area contributed by atoms with E-state index in [1.807, 2.05) is 42.2 Å². The molecular weight excluding hydrogens is 767 g/mol. The molecule has 7 rings (SSSR count). The van der Waals surface area contributed by atoms with E-state index in [1.165, 1.54) is 12.8 Å². The number of nitrogens with zero attached hydrogens (tertiary/aromatic N) is 2. The van der Waals surface area contributed by atoms with Gasteiger partial charge in [0, 0.05) is 50.6 Å². The van der Waals surface area contributed by atoms with Crippen molar-refractivity contribution in [2.45, 2.75) is 115 Å². The van der Waals surface area contributed by atoms with Gasteiger partial charge in [-0.25, -0.2) is 4.79 Å². The number of hydrogen-bond acceptors (Lipinski definition) is 11. The summed E-state index contributed by atoms with van der Waals surface area (Å²) in [4.78, 5) is 35.4. The number of carbonyl (C=O) groups is 2. The average molecular weight is 830 g/mol. The highest BCUT2D eigenvalue weighted by Crippen LogP contribution is 2.62. The summed E-state index contributed by atoms with van der Waals surface area (Å²) in [6.07, 6.45) is 14.2. The summed E-state index contributed by atoms with van der Waals surface area (Å²) in [7, 11) is 1.55. The first-order chi connectivity index (χ1) is 29.3. The molecule has 13 heteroatoms. The number of aliphatic hydroxyl groups is 2. The van der Waals surface area contributed by atoms with Gasteiger partial charge >= 0.3 is 6.09 Å². The molecule has 2 aromatic carbocycles. The summed E-state index contributed by atoms with van der Waals surface area (Å²) in [6.45, 7) is 7.05. The van der Waals surface area contributed by atoms with Gasteiger partial charge in [-0.05, 0) is 98.2 Å². The molecule has 0 spiro atoms. The average Bonchev–Trinajstić information content (AvgIpc) is 3.96. The predicted octanol–water partition coefficient (Wildman–Crippen LogP) is 7.79. The van der Waals surface area contributed by atoms with E-state index in [0.717, 1.165) is 67.4 Å². The number of fused-ring (bicyclic) bond motifs is 3. The van der Waals surface area contributed by atoms with Crippen molar-refractivity contribution in [1.82, 2.24) is 10.2 Å². The van der Waals surface area contributed by atoms with Crippen LogP contribution < -0.4 is 24.3 Å². The number of amides is 2. The topological polar surface area (TPSA) is 158 Å². The number of unbranched alkanes of at least 4 members (excludes halogenated alkanes) is 2. The van der Waals surface area contributed by atoms with Gasteiger partial charge in [0.1, 0.15) is 24.7 Å². The van der Waals surface area contributed by atoms with Crippen molar-refractivity contribution in [3.05, 3.63) is 71.8 Å². The zero-order valence-electron chi connectivity index (χ0n) is 35.3. The number of oxime groups is 1. The van der Waals surface area contributed by atoms with E-state index in [2.05, 4.69) is 18.0 Å². The molecule has 326 valence electrons. The molecule has 5 aliphatic rings. The number of allylic oxidation sites excluding steroid dienone is 1. The Bertz CT molecular complexity index is 1880. The van der Waals surface area contributed by atoms with Crippen molar-refractivity contribution in [1.29, 1.82) is 0 Å². The Morgan fingerprint density at radius 3 is 2.52 bits per heavy atom. The van der Waals surface area contributed by atoms with Gasteiger partial charge in [-0.15, -0.1) is 6.58 Å². The molecule has 2 amide bonds. The first-order valence-electron chi connectivity index (χ1n) is 22.1. The minimum absolute atomic E-state index is 0.00385. The van der Waals surface area contributed by atoms with E-state index in [-0.39, 0.29) is 56.8 Å². The molecule has 0 radical (unpaired) electrons. The molecular formula is C47H63N3O10. The fraction of sp³-hybridized carbons (Fsp3) is 0.596. The van der Waals surface area contributed by atoms with Gasteiger partial charge in [0.25, 0.3) is 0 Å². The van der Waals surface area contributed by atoms with Crippen LogP contribution in [-0.2, 0) is 20.9 Å². The lowest BCUT2D eigenvalue weighted by Gasteiger charge is -2.60. The van der Waals surface area contributed by atoms with Gasteiger partial charge in [0.05, 0.1) is 18.2 Å². The largest absolute Gasteiger partial charge is 0.459 e. The lowest BCUT2D eigenvalue weighted by molar-refractivity contribution is -0.258. The van der Waals surface area contributed by atoms with Gasteiger partial charge in [0.15, 0.2) is 11.5 Å². The zero-order valence-corrected chi connectivity index (χ0v) is 35.3. The minimum Gasteiger partial charge on any atom is -0.459 e. The second-order valence-corrected chi connectivity index (χ2v) is 16.8. The molecule has 60 heavy (non-hydrogen) atoms. The summed E-state index contributed by atoms with van der Waals surface area (Å²) in [5.41, 5.74) is 3.42. The summed E-state index contributed by atoms with van der Waals surface area (Å²) < 4.78 is 31.7. The highest BCUT2D eigenvalue weighted by atomic mass is 16.7.